The van der Waals surface area contributed by atoms with Crippen LogP contribution in [0.15, 0.2) is 42.5 Å². The van der Waals surface area contributed by atoms with Gasteiger partial charge in [-0.05, 0) is 41.9 Å². The minimum Gasteiger partial charge on any atom is -0.305 e. The summed E-state index contributed by atoms with van der Waals surface area (Å²) in [4.78, 5) is 2.22. The maximum atomic E-state index is 2.38. The minimum absolute atomic E-state index is 0.119. The summed E-state index contributed by atoms with van der Waals surface area (Å²) in [5.41, 5.74) is 7.24. The second-order valence-electron chi connectivity index (χ2n) is 6.29. The Labute approximate surface area is 115 Å². The average molecular weight is 251 g/mol. The summed E-state index contributed by atoms with van der Waals surface area (Å²) in [5, 5.41) is 0. The fourth-order valence-corrected chi connectivity index (χ4v) is 3.21. The molecule has 1 aliphatic rings. The summed E-state index contributed by atoms with van der Waals surface area (Å²) in [6.45, 7) is 5.66. The lowest BCUT2D eigenvalue weighted by Gasteiger charge is -2.22. The maximum absolute atomic E-state index is 2.38. The second-order valence-corrected chi connectivity index (χ2v) is 6.29. The fraction of sp³-hybridized carbons (Fsp3) is 0.333. The van der Waals surface area contributed by atoms with Crippen molar-refractivity contribution >= 4 is 0 Å². The molecule has 0 radical (unpaired) electrons. The van der Waals surface area contributed by atoms with Crippen molar-refractivity contribution in [1.82, 2.24) is 4.90 Å². The van der Waals surface area contributed by atoms with Crippen molar-refractivity contribution in [2.24, 2.45) is 0 Å². The van der Waals surface area contributed by atoms with E-state index in [4.69, 9.17) is 0 Å². The Morgan fingerprint density at radius 1 is 0.895 bits per heavy atom. The standard InChI is InChI=1S/C18H21N/c1-18(2)16-8-6-5-7-14(16)15-10-9-13(11-17(15)18)12-19(3)4/h5-11H,12H2,1-4H3. The van der Waals surface area contributed by atoms with Gasteiger partial charge in [0, 0.05) is 12.0 Å². The lowest BCUT2D eigenvalue weighted by molar-refractivity contribution is 0.402. The van der Waals surface area contributed by atoms with E-state index in [1.54, 1.807) is 0 Å². The molecule has 2 aromatic rings. The van der Waals surface area contributed by atoms with Gasteiger partial charge in [0.2, 0.25) is 0 Å². The molecule has 2 aromatic carbocycles. The monoisotopic (exact) mass is 251 g/mol. The van der Waals surface area contributed by atoms with Crippen molar-refractivity contribution in [2.75, 3.05) is 14.1 Å². The quantitative estimate of drug-likeness (QED) is 0.778. The second kappa shape index (κ2) is 4.21. The van der Waals surface area contributed by atoms with E-state index in [9.17, 15) is 0 Å². The fourth-order valence-electron chi connectivity index (χ4n) is 3.21. The van der Waals surface area contributed by atoms with Crippen molar-refractivity contribution < 1.29 is 0 Å². The van der Waals surface area contributed by atoms with E-state index in [-0.39, 0.29) is 5.41 Å². The van der Waals surface area contributed by atoms with Crippen LogP contribution in [0.2, 0.25) is 0 Å². The van der Waals surface area contributed by atoms with Gasteiger partial charge >= 0.3 is 0 Å². The molecule has 0 amide bonds. The van der Waals surface area contributed by atoms with Crippen LogP contribution in [0.1, 0.15) is 30.5 Å². The van der Waals surface area contributed by atoms with E-state index in [0.717, 1.165) is 6.54 Å². The first-order valence-electron chi connectivity index (χ1n) is 6.88. The first kappa shape index (κ1) is 12.4. The predicted octanol–water partition coefficient (Wildman–Crippen LogP) is 4.05. The molecule has 3 rings (SSSR count). The number of nitrogens with zero attached hydrogens (tertiary/aromatic N) is 1. The SMILES string of the molecule is CN(C)Cc1ccc2c(c1)C(C)(C)c1ccccc1-2. The lowest BCUT2D eigenvalue weighted by Crippen LogP contribution is -2.16. The third kappa shape index (κ3) is 1.89. The van der Waals surface area contributed by atoms with Crippen molar-refractivity contribution in [3.05, 3.63) is 59.2 Å². The van der Waals surface area contributed by atoms with Crippen LogP contribution in [0.3, 0.4) is 0 Å². The zero-order chi connectivity index (χ0) is 13.6. The molecule has 0 aliphatic heterocycles. The Morgan fingerprint density at radius 3 is 2.32 bits per heavy atom. The molecule has 0 bridgehead atoms. The molecular formula is C18H21N. The van der Waals surface area contributed by atoms with E-state index in [2.05, 4.69) is 75.3 Å². The highest BCUT2D eigenvalue weighted by Crippen LogP contribution is 2.48. The Bertz CT molecular complexity index is 623. The topological polar surface area (TPSA) is 3.24 Å². The van der Waals surface area contributed by atoms with E-state index >= 15 is 0 Å². The minimum atomic E-state index is 0.119. The first-order valence-corrected chi connectivity index (χ1v) is 6.88. The van der Waals surface area contributed by atoms with Crippen LogP contribution < -0.4 is 0 Å². The highest BCUT2D eigenvalue weighted by Gasteiger charge is 2.34. The van der Waals surface area contributed by atoms with Gasteiger partial charge in [0.15, 0.2) is 0 Å². The number of fused-ring (bicyclic) bond motifs is 3. The zero-order valence-electron chi connectivity index (χ0n) is 12.2. The van der Waals surface area contributed by atoms with Crippen LogP contribution in [0.4, 0.5) is 0 Å². The van der Waals surface area contributed by atoms with E-state index in [1.165, 1.54) is 27.8 Å². The van der Waals surface area contributed by atoms with Crippen LogP contribution in [0.5, 0.6) is 0 Å². The number of benzene rings is 2. The molecule has 0 saturated heterocycles. The molecule has 0 saturated carbocycles. The number of hydrogen-bond donors (Lipinski definition) is 0. The van der Waals surface area contributed by atoms with Gasteiger partial charge in [-0.3, -0.25) is 0 Å². The Balaban J connectivity index is 2.16. The van der Waals surface area contributed by atoms with Crippen LogP contribution in [0, 0.1) is 0 Å². The van der Waals surface area contributed by atoms with Crippen LogP contribution in [-0.2, 0) is 12.0 Å². The molecule has 1 aliphatic carbocycles. The molecule has 98 valence electrons. The zero-order valence-corrected chi connectivity index (χ0v) is 12.2. The van der Waals surface area contributed by atoms with E-state index in [0.29, 0.717) is 0 Å². The van der Waals surface area contributed by atoms with E-state index < -0.39 is 0 Å². The molecule has 1 heteroatoms. The molecule has 0 fully saturated rings. The van der Waals surface area contributed by atoms with Gasteiger partial charge in [-0.2, -0.15) is 0 Å². The third-order valence-corrected chi connectivity index (χ3v) is 4.15. The van der Waals surface area contributed by atoms with Crippen molar-refractivity contribution in [3.63, 3.8) is 0 Å². The molecule has 0 heterocycles. The average Bonchev–Trinajstić information content (AvgIpc) is 2.59. The Kier molecular flexibility index (Phi) is 2.75. The first-order chi connectivity index (χ1) is 9.00. The molecule has 0 spiro atoms. The lowest BCUT2D eigenvalue weighted by atomic mass is 9.82. The van der Waals surface area contributed by atoms with Crippen molar-refractivity contribution in [2.45, 2.75) is 25.8 Å². The maximum Gasteiger partial charge on any atom is 0.0227 e. The summed E-state index contributed by atoms with van der Waals surface area (Å²) in [7, 11) is 4.24. The summed E-state index contributed by atoms with van der Waals surface area (Å²) < 4.78 is 0. The molecular weight excluding hydrogens is 230 g/mol. The van der Waals surface area contributed by atoms with Gasteiger partial charge in [0.05, 0.1) is 0 Å². The third-order valence-electron chi connectivity index (χ3n) is 4.15. The van der Waals surface area contributed by atoms with Crippen molar-refractivity contribution in [1.29, 1.82) is 0 Å². The van der Waals surface area contributed by atoms with Crippen LogP contribution in [-0.4, -0.2) is 19.0 Å². The van der Waals surface area contributed by atoms with E-state index in [1.807, 2.05) is 0 Å². The van der Waals surface area contributed by atoms with Gasteiger partial charge in [0.1, 0.15) is 0 Å². The van der Waals surface area contributed by atoms with Gasteiger partial charge in [-0.15, -0.1) is 0 Å². The molecule has 0 atom stereocenters. The molecule has 0 N–H and O–H groups in total. The highest BCUT2D eigenvalue weighted by molar-refractivity contribution is 5.80. The molecule has 0 unspecified atom stereocenters. The Hall–Kier alpha value is -1.60. The summed E-state index contributed by atoms with van der Waals surface area (Å²) in [6.07, 6.45) is 0. The summed E-state index contributed by atoms with van der Waals surface area (Å²) in [5.74, 6) is 0. The largest absolute Gasteiger partial charge is 0.305 e. The molecule has 1 nitrogen and oxygen atoms in total. The van der Waals surface area contributed by atoms with Gasteiger partial charge < -0.3 is 4.90 Å². The highest BCUT2D eigenvalue weighted by atomic mass is 15.0. The summed E-state index contributed by atoms with van der Waals surface area (Å²) in [6, 6.07) is 15.7. The van der Waals surface area contributed by atoms with Crippen LogP contribution in [0.25, 0.3) is 11.1 Å². The number of hydrogen-bond acceptors (Lipinski definition) is 1. The van der Waals surface area contributed by atoms with Crippen molar-refractivity contribution in [3.8, 4) is 11.1 Å². The smallest absolute Gasteiger partial charge is 0.0227 e. The normalized spacial score (nSPS) is 15.4. The molecule has 0 aromatic heterocycles. The van der Waals surface area contributed by atoms with Gasteiger partial charge in [-0.25, -0.2) is 0 Å². The predicted molar refractivity (Wildman–Crippen MR) is 81.4 cm³/mol. The summed E-state index contributed by atoms with van der Waals surface area (Å²) >= 11 is 0. The molecule has 19 heavy (non-hydrogen) atoms. The number of rotatable bonds is 2. The van der Waals surface area contributed by atoms with Crippen LogP contribution >= 0.6 is 0 Å². The Morgan fingerprint density at radius 2 is 1.58 bits per heavy atom. The van der Waals surface area contributed by atoms with Gasteiger partial charge in [0.25, 0.3) is 0 Å². The van der Waals surface area contributed by atoms with Gasteiger partial charge in [-0.1, -0.05) is 56.3 Å².